The van der Waals surface area contributed by atoms with Crippen LogP contribution in [-0.4, -0.2) is 24.9 Å². The molecule has 1 atom stereocenters. The molecule has 0 spiro atoms. The van der Waals surface area contributed by atoms with Gasteiger partial charge in [-0.15, -0.1) is 0 Å². The van der Waals surface area contributed by atoms with Crippen LogP contribution in [0.1, 0.15) is 13.3 Å². The molecule has 1 aromatic carbocycles. The third-order valence-corrected chi connectivity index (χ3v) is 2.78. The molecule has 0 saturated heterocycles. The molecule has 0 bridgehead atoms. The number of aliphatic hydroxyl groups excluding tert-OH is 1. The molecular weight excluding hydrogens is 258 g/mol. The second-order valence-corrected chi connectivity index (χ2v) is 4.15. The highest BCUT2D eigenvalue weighted by atomic mass is 79.9. The molecule has 15 heavy (non-hydrogen) atoms. The van der Waals surface area contributed by atoms with E-state index in [9.17, 15) is 5.11 Å². The molecule has 0 aliphatic rings. The first-order valence-electron chi connectivity index (χ1n) is 4.92. The predicted molar refractivity (Wildman–Crippen MR) is 65.5 cm³/mol. The monoisotopic (exact) mass is 273 g/mol. The third kappa shape index (κ3) is 3.72. The molecule has 0 saturated carbocycles. The fraction of sp³-hybridized carbons (Fsp3) is 0.455. The fourth-order valence-corrected chi connectivity index (χ4v) is 1.70. The van der Waals surface area contributed by atoms with Crippen LogP contribution in [0.3, 0.4) is 0 Å². The van der Waals surface area contributed by atoms with Crippen LogP contribution in [0, 0.1) is 0 Å². The van der Waals surface area contributed by atoms with Crippen LogP contribution in [0.2, 0.25) is 0 Å². The average Bonchev–Trinajstić information content (AvgIpc) is 2.26. The minimum atomic E-state index is -0.300. The number of hydrogen-bond donors (Lipinski definition) is 2. The van der Waals surface area contributed by atoms with E-state index >= 15 is 0 Å². The molecule has 4 heteroatoms. The zero-order valence-corrected chi connectivity index (χ0v) is 10.5. The second-order valence-electron chi connectivity index (χ2n) is 3.29. The van der Waals surface area contributed by atoms with Gasteiger partial charge in [-0.2, -0.15) is 0 Å². The van der Waals surface area contributed by atoms with Crippen molar-refractivity contribution < 1.29 is 9.84 Å². The van der Waals surface area contributed by atoms with Crippen molar-refractivity contribution in [3.8, 4) is 5.75 Å². The van der Waals surface area contributed by atoms with Gasteiger partial charge in [0.2, 0.25) is 0 Å². The van der Waals surface area contributed by atoms with E-state index in [0.717, 1.165) is 22.3 Å². The SMILES string of the molecule is CCC(O)CNc1ccc(OC)c(Br)c1. The van der Waals surface area contributed by atoms with Crippen LogP contribution < -0.4 is 10.1 Å². The summed E-state index contributed by atoms with van der Waals surface area (Å²) < 4.78 is 6.03. The molecule has 84 valence electrons. The Morgan fingerprint density at radius 3 is 2.80 bits per heavy atom. The van der Waals surface area contributed by atoms with Crippen molar-refractivity contribution in [2.75, 3.05) is 19.0 Å². The summed E-state index contributed by atoms with van der Waals surface area (Å²) in [7, 11) is 1.63. The van der Waals surface area contributed by atoms with Gasteiger partial charge in [-0.05, 0) is 40.5 Å². The van der Waals surface area contributed by atoms with E-state index < -0.39 is 0 Å². The van der Waals surface area contributed by atoms with Gasteiger partial charge in [-0.3, -0.25) is 0 Å². The Labute approximate surface area is 98.6 Å². The van der Waals surface area contributed by atoms with Gasteiger partial charge in [0.05, 0.1) is 17.7 Å². The van der Waals surface area contributed by atoms with Crippen LogP contribution >= 0.6 is 15.9 Å². The van der Waals surface area contributed by atoms with E-state index in [1.54, 1.807) is 7.11 Å². The number of benzene rings is 1. The lowest BCUT2D eigenvalue weighted by molar-refractivity contribution is 0.183. The molecule has 0 aromatic heterocycles. The highest BCUT2D eigenvalue weighted by Gasteiger charge is 2.03. The summed E-state index contributed by atoms with van der Waals surface area (Å²) in [4.78, 5) is 0. The third-order valence-electron chi connectivity index (χ3n) is 2.16. The standard InChI is InChI=1S/C11H16BrNO2/c1-3-9(14)7-13-8-4-5-11(15-2)10(12)6-8/h4-6,9,13-14H,3,7H2,1-2H3. The van der Waals surface area contributed by atoms with Gasteiger partial charge in [-0.25, -0.2) is 0 Å². The highest BCUT2D eigenvalue weighted by molar-refractivity contribution is 9.10. The fourth-order valence-electron chi connectivity index (χ4n) is 1.16. The summed E-state index contributed by atoms with van der Waals surface area (Å²) in [5.74, 6) is 0.802. The molecule has 0 radical (unpaired) electrons. The normalized spacial score (nSPS) is 12.3. The van der Waals surface area contributed by atoms with Gasteiger partial charge in [0, 0.05) is 12.2 Å². The van der Waals surface area contributed by atoms with Gasteiger partial charge in [0.1, 0.15) is 5.75 Å². The minimum absolute atomic E-state index is 0.300. The van der Waals surface area contributed by atoms with Crippen LogP contribution in [-0.2, 0) is 0 Å². The smallest absolute Gasteiger partial charge is 0.133 e. The molecule has 0 aliphatic heterocycles. The molecule has 2 N–H and O–H groups in total. The summed E-state index contributed by atoms with van der Waals surface area (Å²) >= 11 is 3.40. The van der Waals surface area contributed by atoms with Crippen molar-refractivity contribution in [3.63, 3.8) is 0 Å². The van der Waals surface area contributed by atoms with Crippen LogP contribution in [0.5, 0.6) is 5.75 Å². The van der Waals surface area contributed by atoms with Crippen molar-refractivity contribution >= 4 is 21.6 Å². The number of halogens is 1. The molecule has 0 heterocycles. The largest absolute Gasteiger partial charge is 0.496 e. The lowest BCUT2D eigenvalue weighted by atomic mass is 10.2. The number of nitrogens with one attached hydrogen (secondary N) is 1. The molecule has 1 unspecified atom stereocenters. The first-order chi connectivity index (χ1) is 7.17. The maximum Gasteiger partial charge on any atom is 0.133 e. The quantitative estimate of drug-likeness (QED) is 0.867. The van der Waals surface area contributed by atoms with Crippen molar-refractivity contribution in [3.05, 3.63) is 22.7 Å². The maximum absolute atomic E-state index is 9.39. The first-order valence-corrected chi connectivity index (χ1v) is 5.72. The molecule has 0 aliphatic carbocycles. The van der Waals surface area contributed by atoms with Gasteiger partial charge in [0.15, 0.2) is 0 Å². The Bertz CT molecular complexity index is 317. The topological polar surface area (TPSA) is 41.5 Å². The second kappa shape index (κ2) is 5.98. The molecule has 0 fully saturated rings. The molecule has 3 nitrogen and oxygen atoms in total. The molecule has 1 rings (SSSR count). The van der Waals surface area contributed by atoms with Crippen molar-refractivity contribution in [1.82, 2.24) is 0 Å². The van der Waals surface area contributed by atoms with E-state index in [-0.39, 0.29) is 6.10 Å². The minimum Gasteiger partial charge on any atom is -0.496 e. The Kier molecular flexibility index (Phi) is 4.91. The van der Waals surface area contributed by atoms with E-state index in [1.165, 1.54) is 0 Å². The number of methoxy groups -OCH3 is 1. The summed E-state index contributed by atoms with van der Waals surface area (Å²) in [6, 6.07) is 5.73. The molecule has 0 amide bonds. The maximum atomic E-state index is 9.39. The molecule has 1 aromatic rings. The lowest BCUT2D eigenvalue weighted by Crippen LogP contribution is -2.18. The Hall–Kier alpha value is -0.740. The summed E-state index contributed by atoms with van der Waals surface area (Å²) in [5.41, 5.74) is 0.968. The lowest BCUT2D eigenvalue weighted by Gasteiger charge is -2.11. The van der Waals surface area contributed by atoms with Gasteiger partial charge in [0.25, 0.3) is 0 Å². The van der Waals surface area contributed by atoms with Gasteiger partial charge >= 0.3 is 0 Å². The predicted octanol–water partition coefficient (Wildman–Crippen LogP) is 2.64. The van der Waals surface area contributed by atoms with Gasteiger partial charge in [-0.1, -0.05) is 6.92 Å². The Morgan fingerprint density at radius 1 is 1.53 bits per heavy atom. The van der Waals surface area contributed by atoms with Crippen LogP contribution in [0.15, 0.2) is 22.7 Å². The van der Waals surface area contributed by atoms with Crippen molar-refractivity contribution in [2.45, 2.75) is 19.4 Å². The van der Waals surface area contributed by atoms with E-state index in [4.69, 9.17) is 4.74 Å². The zero-order chi connectivity index (χ0) is 11.3. The number of hydrogen-bond acceptors (Lipinski definition) is 3. The highest BCUT2D eigenvalue weighted by Crippen LogP contribution is 2.27. The summed E-state index contributed by atoms with van der Waals surface area (Å²) in [5, 5.41) is 12.5. The zero-order valence-electron chi connectivity index (χ0n) is 8.96. The van der Waals surface area contributed by atoms with Gasteiger partial charge < -0.3 is 15.2 Å². The number of rotatable bonds is 5. The summed E-state index contributed by atoms with van der Waals surface area (Å²) in [6.07, 6.45) is 0.454. The van der Waals surface area contributed by atoms with Crippen LogP contribution in [0.4, 0.5) is 5.69 Å². The summed E-state index contributed by atoms with van der Waals surface area (Å²) in [6.45, 7) is 2.52. The van der Waals surface area contributed by atoms with E-state index in [0.29, 0.717) is 6.54 Å². The number of anilines is 1. The van der Waals surface area contributed by atoms with E-state index in [1.807, 2.05) is 25.1 Å². The molecular formula is C11H16BrNO2. The number of aliphatic hydroxyl groups is 1. The number of ether oxygens (including phenoxy) is 1. The first kappa shape index (κ1) is 12.3. The Balaban J connectivity index is 2.59. The van der Waals surface area contributed by atoms with Crippen LogP contribution in [0.25, 0.3) is 0 Å². The van der Waals surface area contributed by atoms with E-state index in [2.05, 4.69) is 21.2 Å². The van der Waals surface area contributed by atoms with Crippen molar-refractivity contribution in [1.29, 1.82) is 0 Å². The van der Waals surface area contributed by atoms with Crippen molar-refractivity contribution in [2.24, 2.45) is 0 Å². The Morgan fingerprint density at radius 2 is 2.27 bits per heavy atom. The average molecular weight is 274 g/mol.